The van der Waals surface area contributed by atoms with Crippen LogP contribution in [-0.4, -0.2) is 15.2 Å². The van der Waals surface area contributed by atoms with Gasteiger partial charge in [-0.3, -0.25) is 5.10 Å². The van der Waals surface area contributed by atoms with Crippen LogP contribution in [0.15, 0.2) is 22.7 Å². The third-order valence-electron chi connectivity index (χ3n) is 3.42. The molecular weight excluding hydrogens is 314 g/mol. The second kappa shape index (κ2) is 5.02. The van der Waals surface area contributed by atoms with Gasteiger partial charge in [0.2, 0.25) is 0 Å². The molecule has 1 aromatic heterocycles. The molecule has 0 bridgehead atoms. The van der Waals surface area contributed by atoms with E-state index < -0.39 is 0 Å². The van der Waals surface area contributed by atoms with E-state index in [1.165, 1.54) is 25.7 Å². The molecule has 1 aliphatic rings. The highest BCUT2D eigenvalue weighted by Gasteiger charge is 2.21. The first kappa shape index (κ1) is 12.2. The van der Waals surface area contributed by atoms with Crippen LogP contribution in [0, 0.1) is 0 Å². The maximum atomic E-state index is 6.21. The quantitative estimate of drug-likeness (QED) is 0.880. The maximum absolute atomic E-state index is 6.21. The molecule has 0 amide bonds. The average Bonchev–Trinajstić information content (AvgIpc) is 2.99. The number of aromatic nitrogens is 3. The number of halogens is 2. The molecule has 94 valence electrons. The summed E-state index contributed by atoms with van der Waals surface area (Å²) < 4.78 is 0.961. The number of hydrogen-bond acceptors (Lipinski definition) is 2. The lowest BCUT2D eigenvalue weighted by Gasteiger charge is -2.02. The van der Waals surface area contributed by atoms with E-state index in [1.807, 2.05) is 18.2 Å². The van der Waals surface area contributed by atoms with E-state index in [0.29, 0.717) is 16.8 Å². The van der Waals surface area contributed by atoms with Crippen LogP contribution >= 0.6 is 27.5 Å². The summed E-state index contributed by atoms with van der Waals surface area (Å²) in [5, 5.41) is 8.01. The monoisotopic (exact) mass is 325 g/mol. The van der Waals surface area contributed by atoms with Gasteiger partial charge in [0, 0.05) is 16.0 Å². The fraction of sp³-hybridized carbons (Fsp3) is 0.385. The number of hydrogen-bond donors (Lipinski definition) is 1. The van der Waals surface area contributed by atoms with Gasteiger partial charge in [-0.05, 0) is 31.0 Å². The predicted molar refractivity (Wildman–Crippen MR) is 75.7 cm³/mol. The summed E-state index contributed by atoms with van der Waals surface area (Å²) in [5.41, 5.74) is 0.875. The van der Waals surface area contributed by atoms with Crippen molar-refractivity contribution in [3.05, 3.63) is 33.5 Å². The molecule has 0 unspecified atom stereocenters. The van der Waals surface area contributed by atoms with Crippen molar-refractivity contribution in [1.82, 2.24) is 15.2 Å². The van der Waals surface area contributed by atoms with Crippen LogP contribution in [0.4, 0.5) is 0 Å². The number of H-pyrrole nitrogens is 1. The minimum atomic E-state index is 0.542. The first-order chi connectivity index (χ1) is 8.74. The fourth-order valence-corrected chi connectivity index (χ4v) is 3.21. The maximum Gasteiger partial charge on any atom is 0.182 e. The van der Waals surface area contributed by atoms with Gasteiger partial charge in [-0.15, -0.1) is 0 Å². The summed E-state index contributed by atoms with van der Waals surface area (Å²) in [4.78, 5) is 4.59. The number of nitrogens with one attached hydrogen (secondary N) is 1. The van der Waals surface area contributed by atoms with Gasteiger partial charge in [0.25, 0.3) is 0 Å². The SMILES string of the molecule is Clc1cc(Br)ccc1-c1n[nH]c(C2CCCC2)n1. The zero-order chi connectivity index (χ0) is 12.5. The van der Waals surface area contributed by atoms with Crippen molar-refractivity contribution < 1.29 is 0 Å². The highest BCUT2D eigenvalue weighted by Crippen LogP contribution is 2.34. The van der Waals surface area contributed by atoms with E-state index in [0.717, 1.165) is 15.9 Å². The Hall–Kier alpha value is -0.870. The van der Waals surface area contributed by atoms with Gasteiger partial charge in [0.15, 0.2) is 5.82 Å². The van der Waals surface area contributed by atoms with Crippen LogP contribution in [0.5, 0.6) is 0 Å². The van der Waals surface area contributed by atoms with Crippen molar-refractivity contribution in [3.8, 4) is 11.4 Å². The molecule has 1 aromatic carbocycles. The van der Waals surface area contributed by atoms with Crippen molar-refractivity contribution in [2.24, 2.45) is 0 Å². The summed E-state index contributed by atoms with van der Waals surface area (Å²) in [6.45, 7) is 0. The molecule has 0 saturated heterocycles. The van der Waals surface area contributed by atoms with Crippen LogP contribution in [0.2, 0.25) is 5.02 Å². The minimum absolute atomic E-state index is 0.542. The van der Waals surface area contributed by atoms with Crippen LogP contribution in [-0.2, 0) is 0 Å². The van der Waals surface area contributed by atoms with Crippen molar-refractivity contribution in [2.75, 3.05) is 0 Å². The van der Waals surface area contributed by atoms with Crippen LogP contribution in [0.1, 0.15) is 37.4 Å². The molecule has 0 atom stereocenters. The molecule has 18 heavy (non-hydrogen) atoms. The molecule has 1 saturated carbocycles. The zero-order valence-electron chi connectivity index (χ0n) is 9.79. The Labute approximate surface area is 119 Å². The van der Waals surface area contributed by atoms with Gasteiger partial charge < -0.3 is 0 Å². The zero-order valence-corrected chi connectivity index (χ0v) is 12.1. The first-order valence-corrected chi connectivity index (χ1v) is 7.29. The largest absolute Gasteiger partial charge is 0.262 e. The summed E-state index contributed by atoms with van der Waals surface area (Å²) in [6.07, 6.45) is 5.00. The van der Waals surface area contributed by atoms with Gasteiger partial charge in [-0.25, -0.2) is 4.98 Å². The lowest BCUT2D eigenvalue weighted by atomic mass is 10.1. The van der Waals surface area contributed by atoms with Gasteiger partial charge in [0.05, 0.1) is 5.02 Å². The fourth-order valence-electron chi connectivity index (χ4n) is 2.45. The molecular formula is C13H13BrClN3. The normalized spacial score (nSPS) is 16.3. The second-order valence-electron chi connectivity index (χ2n) is 4.65. The average molecular weight is 327 g/mol. The molecule has 1 heterocycles. The smallest absolute Gasteiger partial charge is 0.182 e. The summed E-state index contributed by atoms with van der Waals surface area (Å²) in [6, 6.07) is 5.75. The van der Waals surface area contributed by atoms with E-state index in [9.17, 15) is 0 Å². The highest BCUT2D eigenvalue weighted by molar-refractivity contribution is 9.10. The molecule has 1 fully saturated rings. The topological polar surface area (TPSA) is 41.6 Å². The van der Waals surface area contributed by atoms with Crippen molar-refractivity contribution in [2.45, 2.75) is 31.6 Å². The molecule has 1 aliphatic carbocycles. The number of aromatic amines is 1. The predicted octanol–water partition coefficient (Wildman–Crippen LogP) is 4.55. The molecule has 0 spiro atoms. The Kier molecular flexibility index (Phi) is 3.39. The van der Waals surface area contributed by atoms with Crippen molar-refractivity contribution in [3.63, 3.8) is 0 Å². The van der Waals surface area contributed by atoms with Gasteiger partial charge in [-0.1, -0.05) is 40.4 Å². The lowest BCUT2D eigenvalue weighted by molar-refractivity contribution is 0.672. The van der Waals surface area contributed by atoms with Gasteiger partial charge in [0.1, 0.15) is 5.82 Å². The van der Waals surface area contributed by atoms with Gasteiger partial charge in [-0.2, -0.15) is 5.10 Å². The summed E-state index contributed by atoms with van der Waals surface area (Å²) >= 11 is 9.60. The molecule has 0 radical (unpaired) electrons. The molecule has 0 aliphatic heterocycles. The first-order valence-electron chi connectivity index (χ1n) is 6.12. The number of rotatable bonds is 2. The second-order valence-corrected chi connectivity index (χ2v) is 5.97. The Morgan fingerprint density at radius 1 is 1.28 bits per heavy atom. The van der Waals surface area contributed by atoms with E-state index >= 15 is 0 Å². The summed E-state index contributed by atoms with van der Waals surface area (Å²) in [5.74, 6) is 2.23. The Morgan fingerprint density at radius 3 is 2.78 bits per heavy atom. The number of benzene rings is 1. The Morgan fingerprint density at radius 2 is 2.06 bits per heavy atom. The van der Waals surface area contributed by atoms with Gasteiger partial charge >= 0.3 is 0 Å². The van der Waals surface area contributed by atoms with E-state index in [-0.39, 0.29) is 0 Å². The summed E-state index contributed by atoms with van der Waals surface area (Å²) in [7, 11) is 0. The van der Waals surface area contributed by atoms with Crippen molar-refractivity contribution >= 4 is 27.5 Å². The van der Waals surface area contributed by atoms with E-state index in [2.05, 4.69) is 31.1 Å². The molecule has 2 aromatic rings. The minimum Gasteiger partial charge on any atom is -0.262 e. The highest BCUT2D eigenvalue weighted by atomic mass is 79.9. The number of nitrogens with zero attached hydrogens (tertiary/aromatic N) is 2. The lowest BCUT2D eigenvalue weighted by Crippen LogP contribution is -1.94. The third-order valence-corrected chi connectivity index (χ3v) is 4.22. The van der Waals surface area contributed by atoms with E-state index in [4.69, 9.17) is 11.6 Å². The van der Waals surface area contributed by atoms with Crippen LogP contribution in [0.25, 0.3) is 11.4 Å². The standard InChI is InChI=1S/C13H13BrClN3/c14-9-5-6-10(11(15)7-9)13-16-12(17-18-13)8-3-1-2-4-8/h5-8H,1-4H2,(H,16,17,18). The van der Waals surface area contributed by atoms with E-state index in [1.54, 1.807) is 0 Å². The molecule has 3 rings (SSSR count). The molecule has 5 heteroatoms. The van der Waals surface area contributed by atoms with Crippen molar-refractivity contribution in [1.29, 1.82) is 0 Å². The van der Waals surface area contributed by atoms with Crippen LogP contribution in [0.3, 0.4) is 0 Å². The molecule has 1 N–H and O–H groups in total. The third kappa shape index (κ3) is 2.31. The Balaban J connectivity index is 1.92. The Bertz CT molecular complexity index is 561. The van der Waals surface area contributed by atoms with Crippen LogP contribution < -0.4 is 0 Å². The molecule has 3 nitrogen and oxygen atoms in total.